The SMILES string of the molecule is CCc1cc(F)c(C2=Cc3cc(F)c(-c4ccc(OC(F)(F)F)cc4)cc3CC2)c(F)c1. The van der Waals surface area contributed by atoms with Crippen molar-refractivity contribution < 1.29 is 31.1 Å². The van der Waals surface area contributed by atoms with E-state index in [-0.39, 0.29) is 11.1 Å². The Hall–Kier alpha value is -3.22. The summed E-state index contributed by atoms with van der Waals surface area (Å²) in [5.74, 6) is -2.28. The van der Waals surface area contributed by atoms with Gasteiger partial charge in [-0.25, -0.2) is 13.2 Å². The van der Waals surface area contributed by atoms with Crippen molar-refractivity contribution >= 4 is 11.6 Å². The third-order valence-corrected chi connectivity index (χ3v) is 5.45. The van der Waals surface area contributed by atoms with E-state index in [2.05, 4.69) is 4.74 Å². The molecule has 1 aliphatic rings. The quantitative estimate of drug-likeness (QED) is 0.371. The van der Waals surface area contributed by atoms with Gasteiger partial charge in [0.1, 0.15) is 23.2 Å². The molecule has 1 aliphatic carbocycles. The first-order chi connectivity index (χ1) is 15.1. The Bertz CT molecular complexity index is 1170. The van der Waals surface area contributed by atoms with Gasteiger partial charge in [-0.1, -0.05) is 25.1 Å². The lowest BCUT2D eigenvalue weighted by Crippen LogP contribution is -2.16. The van der Waals surface area contributed by atoms with Gasteiger partial charge in [-0.05, 0) is 83.5 Å². The van der Waals surface area contributed by atoms with Crippen molar-refractivity contribution in [2.75, 3.05) is 0 Å². The van der Waals surface area contributed by atoms with E-state index in [0.717, 1.165) is 17.7 Å². The normalized spacial score (nSPS) is 13.5. The fourth-order valence-corrected chi connectivity index (χ4v) is 3.90. The highest BCUT2D eigenvalue weighted by Crippen LogP contribution is 2.37. The van der Waals surface area contributed by atoms with E-state index in [1.807, 2.05) is 0 Å². The summed E-state index contributed by atoms with van der Waals surface area (Å²) in [6.07, 6.45) is -1.90. The molecule has 0 atom stereocenters. The summed E-state index contributed by atoms with van der Waals surface area (Å²) >= 11 is 0. The van der Waals surface area contributed by atoms with E-state index in [9.17, 15) is 26.3 Å². The minimum Gasteiger partial charge on any atom is -0.406 e. The third-order valence-electron chi connectivity index (χ3n) is 5.45. The van der Waals surface area contributed by atoms with Crippen LogP contribution in [0, 0.1) is 17.5 Å². The first-order valence-corrected chi connectivity index (χ1v) is 10.0. The Labute approximate surface area is 181 Å². The maximum absolute atomic E-state index is 14.8. The van der Waals surface area contributed by atoms with Crippen molar-refractivity contribution in [2.24, 2.45) is 0 Å². The lowest BCUT2D eigenvalue weighted by molar-refractivity contribution is -0.274. The lowest BCUT2D eigenvalue weighted by atomic mass is 9.86. The second kappa shape index (κ2) is 8.37. The van der Waals surface area contributed by atoms with Crippen molar-refractivity contribution in [1.29, 1.82) is 0 Å². The van der Waals surface area contributed by atoms with Gasteiger partial charge < -0.3 is 4.74 Å². The van der Waals surface area contributed by atoms with E-state index >= 15 is 0 Å². The van der Waals surface area contributed by atoms with Gasteiger partial charge in [0.15, 0.2) is 0 Å². The molecule has 3 aromatic rings. The molecule has 32 heavy (non-hydrogen) atoms. The number of allylic oxidation sites excluding steroid dienone is 1. The van der Waals surface area contributed by atoms with Crippen molar-refractivity contribution in [1.82, 2.24) is 0 Å². The highest BCUT2D eigenvalue weighted by Gasteiger charge is 2.31. The molecule has 0 unspecified atom stereocenters. The average Bonchev–Trinajstić information content (AvgIpc) is 2.72. The van der Waals surface area contributed by atoms with Crippen molar-refractivity contribution in [3.63, 3.8) is 0 Å². The number of aryl methyl sites for hydroxylation is 2. The molecule has 0 heterocycles. The Morgan fingerprint density at radius 1 is 0.844 bits per heavy atom. The lowest BCUT2D eigenvalue weighted by Gasteiger charge is -2.20. The van der Waals surface area contributed by atoms with Crippen LogP contribution in [0.3, 0.4) is 0 Å². The van der Waals surface area contributed by atoms with E-state index in [0.29, 0.717) is 41.5 Å². The molecule has 0 spiro atoms. The van der Waals surface area contributed by atoms with Gasteiger partial charge in [-0.3, -0.25) is 0 Å². The van der Waals surface area contributed by atoms with Crippen LogP contribution >= 0.6 is 0 Å². The van der Waals surface area contributed by atoms with Crippen LogP contribution in [0.1, 0.15) is 35.6 Å². The first-order valence-electron chi connectivity index (χ1n) is 10.0. The van der Waals surface area contributed by atoms with E-state index in [1.54, 1.807) is 19.1 Å². The molecule has 0 N–H and O–H groups in total. The largest absolute Gasteiger partial charge is 0.573 e. The molecule has 0 saturated heterocycles. The molecule has 0 bridgehead atoms. The maximum atomic E-state index is 14.8. The number of hydrogen-bond acceptors (Lipinski definition) is 1. The molecular formula is C25H18F6O. The fraction of sp³-hybridized carbons (Fsp3) is 0.200. The van der Waals surface area contributed by atoms with Crippen LogP contribution in [0.4, 0.5) is 26.3 Å². The molecular weight excluding hydrogens is 430 g/mol. The number of fused-ring (bicyclic) bond motifs is 1. The molecule has 7 heteroatoms. The minimum atomic E-state index is -4.81. The van der Waals surface area contributed by atoms with Crippen LogP contribution < -0.4 is 4.74 Å². The predicted octanol–water partition coefficient (Wildman–Crippen LogP) is 7.72. The zero-order chi connectivity index (χ0) is 23.0. The molecule has 166 valence electrons. The van der Waals surface area contributed by atoms with Gasteiger partial charge in [0.2, 0.25) is 0 Å². The summed E-state index contributed by atoms with van der Waals surface area (Å²) < 4.78 is 84.7. The summed E-state index contributed by atoms with van der Waals surface area (Å²) in [4.78, 5) is 0. The smallest absolute Gasteiger partial charge is 0.406 e. The predicted molar refractivity (Wildman–Crippen MR) is 110 cm³/mol. The highest BCUT2D eigenvalue weighted by molar-refractivity contribution is 5.86. The van der Waals surface area contributed by atoms with Gasteiger partial charge in [-0.15, -0.1) is 13.2 Å². The van der Waals surface area contributed by atoms with Gasteiger partial charge in [0.25, 0.3) is 0 Å². The van der Waals surface area contributed by atoms with E-state index in [4.69, 9.17) is 0 Å². The molecule has 0 aliphatic heterocycles. The van der Waals surface area contributed by atoms with Crippen LogP contribution in [0.25, 0.3) is 22.8 Å². The van der Waals surface area contributed by atoms with Crippen LogP contribution in [0.5, 0.6) is 5.75 Å². The van der Waals surface area contributed by atoms with Crippen molar-refractivity contribution in [2.45, 2.75) is 32.5 Å². The molecule has 0 fully saturated rings. The summed E-state index contributed by atoms with van der Waals surface area (Å²) in [5.41, 5.74) is 2.83. The highest BCUT2D eigenvalue weighted by atomic mass is 19.4. The van der Waals surface area contributed by atoms with Crippen LogP contribution in [-0.4, -0.2) is 6.36 Å². The number of alkyl halides is 3. The number of benzene rings is 3. The number of ether oxygens (including phenoxy) is 1. The summed E-state index contributed by atoms with van der Waals surface area (Å²) in [6, 6.07) is 10.4. The summed E-state index contributed by atoms with van der Waals surface area (Å²) in [6.45, 7) is 1.81. The molecule has 0 saturated carbocycles. The van der Waals surface area contributed by atoms with Gasteiger partial charge in [0, 0.05) is 11.1 Å². The first kappa shape index (κ1) is 22.0. The second-order valence-corrected chi connectivity index (χ2v) is 7.56. The molecule has 0 radical (unpaired) electrons. The Kier molecular flexibility index (Phi) is 5.75. The fourth-order valence-electron chi connectivity index (χ4n) is 3.90. The van der Waals surface area contributed by atoms with Gasteiger partial charge in [0.05, 0.1) is 0 Å². The monoisotopic (exact) mass is 448 g/mol. The maximum Gasteiger partial charge on any atom is 0.573 e. The third kappa shape index (κ3) is 4.52. The van der Waals surface area contributed by atoms with Crippen LogP contribution in [0.15, 0.2) is 48.5 Å². The van der Waals surface area contributed by atoms with Gasteiger partial charge in [-0.2, -0.15) is 0 Å². The topological polar surface area (TPSA) is 9.23 Å². The molecule has 1 nitrogen and oxygen atoms in total. The molecule has 0 amide bonds. The standard InChI is InChI=1S/C25H18F6O/c1-2-14-9-22(27)24(23(28)10-14)17-4-3-16-12-20(21(26)13-18(16)11-17)15-5-7-19(8-6-15)32-25(29,30)31/h5-13H,2-4H2,1H3. The average molecular weight is 448 g/mol. The Morgan fingerprint density at radius 2 is 1.50 bits per heavy atom. The molecule has 3 aromatic carbocycles. The molecule has 0 aromatic heterocycles. The summed E-state index contributed by atoms with van der Waals surface area (Å²) in [5, 5.41) is 0. The van der Waals surface area contributed by atoms with Crippen LogP contribution in [0.2, 0.25) is 0 Å². The Morgan fingerprint density at radius 3 is 2.09 bits per heavy atom. The number of halogens is 6. The van der Waals surface area contributed by atoms with E-state index in [1.165, 1.54) is 30.3 Å². The van der Waals surface area contributed by atoms with Gasteiger partial charge >= 0.3 is 6.36 Å². The minimum absolute atomic E-state index is 0.0995. The molecule has 4 rings (SSSR count). The second-order valence-electron chi connectivity index (χ2n) is 7.56. The zero-order valence-electron chi connectivity index (χ0n) is 17.0. The van der Waals surface area contributed by atoms with Crippen molar-refractivity contribution in [3.8, 4) is 16.9 Å². The summed E-state index contributed by atoms with van der Waals surface area (Å²) in [7, 11) is 0. The number of hydrogen-bond donors (Lipinski definition) is 0. The van der Waals surface area contributed by atoms with Crippen molar-refractivity contribution in [3.05, 3.63) is 88.2 Å². The Balaban J connectivity index is 1.67. The zero-order valence-corrected chi connectivity index (χ0v) is 17.0. The van der Waals surface area contributed by atoms with E-state index < -0.39 is 29.6 Å². The number of rotatable bonds is 4. The van der Waals surface area contributed by atoms with Crippen LogP contribution in [-0.2, 0) is 12.8 Å².